The van der Waals surface area contributed by atoms with Crippen LogP contribution in [0.5, 0.6) is 0 Å². The summed E-state index contributed by atoms with van der Waals surface area (Å²) in [4.78, 5) is 14.2. The number of halogens is 1. The van der Waals surface area contributed by atoms with E-state index >= 15 is 0 Å². The van der Waals surface area contributed by atoms with Gasteiger partial charge in [0.05, 0.1) is 5.69 Å². The molecule has 3 rings (SSSR count). The Morgan fingerprint density at radius 2 is 2.09 bits per heavy atom. The number of hydrogen-bond acceptors (Lipinski definition) is 2. The van der Waals surface area contributed by atoms with E-state index in [1.165, 1.54) is 6.07 Å². The maximum Gasteiger partial charge on any atom is 0.253 e. The number of aliphatic hydroxyl groups is 1. The Hall–Kier alpha value is -2.14. The van der Waals surface area contributed by atoms with Crippen LogP contribution in [0.3, 0.4) is 0 Å². The smallest absolute Gasteiger partial charge is 0.253 e. The fourth-order valence-electron chi connectivity index (χ4n) is 2.93. The molecule has 116 valence electrons. The number of carbonyl (C=O) groups is 1. The monoisotopic (exact) mass is 302 g/mol. The maximum atomic E-state index is 14.3. The number of benzene rings is 1. The van der Waals surface area contributed by atoms with Gasteiger partial charge in [-0.3, -0.25) is 4.79 Å². The van der Waals surface area contributed by atoms with Gasteiger partial charge >= 0.3 is 0 Å². The van der Waals surface area contributed by atoms with Gasteiger partial charge in [-0.1, -0.05) is 0 Å². The average Bonchev–Trinajstić information content (AvgIpc) is 3.08. The topological polar surface area (TPSA) is 45.5 Å². The SMILES string of the molecule is O=C(c1ccc(-n2cccc2)c(F)c1)N1CCCC(CO)C1. The second-order valence-corrected chi connectivity index (χ2v) is 5.70. The molecule has 0 spiro atoms. The molecule has 2 heterocycles. The molecule has 1 aliphatic rings. The molecule has 1 atom stereocenters. The van der Waals surface area contributed by atoms with Gasteiger partial charge in [-0.15, -0.1) is 0 Å². The van der Waals surface area contributed by atoms with Crippen LogP contribution in [0, 0.1) is 11.7 Å². The number of likely N-dealkylation sites (tertiary alicyclic amines) is 1. The van der Waals surface area contributed by atoms with E-state index < -0.39 is 5.82 Å². The summed E-state index contributed by atoms with van der Waals surface area (Å²) >= 11 is 0. The molecule has 1 aliphatic heterocycles. The third-order valence-corrected chi connectivity index (χ3v) is 4.14. The number of amides is 1. The third kappa shape index (κ3) is 2.90. The van der Waals surface area contributed by atoms with Gasteiger partial charge in [0, 0.05) is 37.7 Å². The van der Waals surface area contributed by atoms with Crippen LogP contribution in [-0.4, -0.2) is 40.2 Å². The molecule has 1 fully saturated rings. The molecular formula is C17H19FN2O2. The molecule has 0 saturated carbocycles. The predicted octanol–water partition coefficient (Wildman–Crippen LogP) is 2.46. The summed E-state index contributed by atoms with van der Waals surface area (Å²) in [5.74, 6) is -0.462. The second-order valence-electron chi connectivity index (χ2n) is 5.70. The lowest BCUT2D eigenvalue weighted by atomic mass is 9.98. The van der Waals surface area contributed by atoms with Crippen molar-refractivity contribution in [2.45, 2.75) is 12.8 Å². The number of carbonyl (C=O) groups excluding carboxylic acids is 1. The van der Waals surface area contributed by atoms with E-state index in [2.05, 4.69) is 0 Å². The summed E-state index contributed by atoms with van der Waals surface area (Å²) < 4.78 is 15.9. The number of hydrogen-bond donors (Lipinski definition) is 1. The first-order chi connectivity index (χ1) is 10.7. The van der Waals surface area contributed by atoms with E-state index in [-0.39, 0.29) is 18.4 Å². The van der Waals surface area contributed by atoms with E-state index in [0.717, 1.165) is 12.8 Å². The van der Waals surface area contributed by atoms with Crippen molar-refractivity contribution >= 4 is 5.91 Å². The lowest BCUT2D eigenvalue weighted by Gasteiger charge is -2.32. The summed E-state index contributed by atoms with van der Waals surface area (Å²) in [7, 11) is 0. The number of piperidine rings is 1. The van der Waals surface area contributed by atoms with Crippen molar-refractivity contribution in [1.29, 1.82) is 0 Å². The first kappa shape index (κ1) is 14.8. The van der Waals surface area contributed by atoms with E-state index in [9.17, 15) is 14.3 Å². The zero-order valence-corrected chi connectivity index (χ0v) is 12.3. The van der Waals surface area contributed by atoms with Gasteiger partial charge in [0.15, 0.2) is 0 Å². The molecule has 0 radical (unpaired) electrons. The molecule has 1 aromatic heterocycles. The third-order valence-electron chi connectivity index (χ3n) is 4.14. The van der Waals surface area contributed by atoms with Gasteiger partial charge in [-0.2, -0.15) is 0 Å². The first-order valence-electron chi connectivity index (χ1n) is 7.52. The first-order valence-corrected chi connectivity index (χ1v) is 7.52. The standard InChI is InChI=1S/C17H19FN2O2/c18-15-10-14(5-6-16(15)19-7-1-2-8-19)17(22)20-9-3-4-13(11-20)12-21/h1-2,5-8,10,13,21H,3-4,9,11-12H2. The molecule has 0 bridgehead atoms. The van der Waals surface area contributed by atoms with Gasteiger partial charge in [0.1, 0.15) is 5.82 Å². The van der Waals surface area contributed by atoms with E-state index in [4.69, 9.17) is 0 Å². The summed E-state index contributed by atoms with van der Waals surface area (Å²) in [5, 5.41) is 9.25. The van der Waals surface area contributed by atoms with Crippen molar-refractivity contribution in [3.8, 4) is 5.69 Å². The van der Waals surface area contributed by atoms with Crippen LogP contribution in [0.15, 0.2) is 42.7 Å². The Morgan fingerprint density at radius 1 is 1.32 bits per heavy atom. The fraction of sp³-hybridized carbons (Fsp3) is 0.353. The van der Waals surface area contributed by atoms with Crippen LogP contribution >= 0.6 is 0 Å². The highest BCUT2D eigenvalue weighted by atomic mass is 19.1. The Labute approximate surface area is 128 Å². The molecule has 1 aromatic carbocycles. The molecule has 4 nitrogen and oxygen atoms in total. The predicted molar refractivity (Wildman–Crippen MR) is 81.4 cm³/mol. The minimum atomic E-state index is -0.419. The largest absolute Gasteiger partial charge is 0.396 e. The number of nitrogens with zero attached hydrogens (tertiary/aromatic N) is 2. The van der Waals surface area contributed by atoms with Crippen LogP contribution in [-0.2, 0) is 0 Å². The number of aromatic nitrogens is 1. The Balaban J connectivity index is 1.80. The normalized spacial score (nSPS) is 18.5. The van der Waals surface area contributed by atoms with Crippen molar-refractivity contribution in [2.75, 3.05) is 19.7 Å². The lowest BCUT2D eigenvalue weighted by molar-refractivity contribution is 0.0620. The summed E-state index contributed by atoms with van der Waals surface area (Å²) in [5.41, 5.74) is 0.778. The van der Waals surface area contributed by atoms with Crippen LogP contribution in [0.25, 0.3) is 5.69 Å². The van der Waals surface area contributed by atoms with Crippen LogP contribution < -0.4 is 0 Å². The zero-order valence-electron chi connectivity index (χ0n) is 12.3. The Bertz CT molecular complexity index is 655. The van der Waals surface area contributed by atoms with Gasteiger partial charge < -0.3 is 14.6 Å². The highest BCUT2D eigenvalue weighted by Crippen LogP contribution is 2.20. The Kier molecular flexibility index (Phi) is 4.24. The highest BCUT2D eigenvalue weighted by molar-refractivity contribution is 5.94. The summed E-state index contributed by atoms with van der Waals surface area (Å²) in [6.45, 7) is 1.29. The molecule has 1 unspecified atom stereocenters. The van der Waals surface area contributed by atoms with Crippen LogP contribution in [0.4, 0.5) is 4.39 Å². The Morgan fingerprint density at radius 3 is 2.77 bits per heavy atom. The van der Waals surface area contributed by atoms with Gasteiger partial charge in [-0.05, 0) is 49.1 Å². The van der Waals surface area contributed by atoms with Crippen molar-refractivity contribution < 1.29 is 14.3 Å². The van der Waals surface area contributed by atoms with E-state index in [1.54, 1.807) is 34.0 Å². The highest BCUT2D eigenvalue weighted by Gasteiger charge is 2.24. The van der Waals surface area contributed by atoms with Gasteiger partial charge in [-0.25, -0.2) is 4.39 Å². The lowest BCUT2D eigenvalue weighted by Crippen LogP contribution is -2.41. The molecule has 22 heavy (non-hydrogen) atoms. The number of aliphatic hydroxyl groups excluding tert-OH is 1. The van der Waals surface area contributed by atoms with Crippen molar-refractivity contribution in [2.24, 2.45) is 5.92 Å². The van der Waals surface area contributed by atoms with Crippen molar-refractivity contribution in [1.82, 2.24) is 9.47 Å². The van der Waals surface area contributed by atoms with Crippen LogP contribution in [0.1, 0.15) is 23.2 Å². The molecular weight excluding hydrogens is 283 g/mol. The van der Waals surface area contributed by atoms with E-state index in [1.807, 2.05) is 12.1 Å². The summed E-state index contributed by atoms with van der Waals surface area (Å²) in [6, 6.07) is 8.21. The maximum absolute atomic E-state index is 14.3. The fourth-order valence-corrected chi connectivity index (χ4v) is 2.93. The quantitative estimate of drug-likeness (QED) is 0.946. The minimum absolute atomic E-state index is 0.0880. The average molecular weight is 302 g/mol. The van der Waals surface area contributed by atoms with Crippen molar-refractivity contribution in [3.63, 3.8) is 0 Å². The molecule has 1 N–H and O–H groups in total. The minimum Gasteiger partial charge on any atom is -0.396 e. The number of rotatable bonds is 3. The van der Waals surface area contributed by atoms with Gasteiger partial charge in [0.2, 0.25) is 0 Å². The van der Waals surface area contributed by atoms with E-state index in [0.29, 0.717) is 24.3 Å². The van der Waals surface area contributed by atoms with Crippen molar-refractivity contribution in [3.05, 3.63) is 54.1 Å². The molecule has 1 amide bonds. The second kappa shape index (κ2) is 6.32. The molecule has 2 aromatic rings. The van der Waals surface area contributed by atoms with Crippen LogP contribution in [0.2, 0.25) is 0 Å². The van der Waals surface area contributed by atoms with Gasteiger partial charge in [0.25, 0.3) is 5.91 Å². The zero-order chi connectivity index (χ0) is 15.5. The summed E-state index contributed by atoms with van der Waals surface area (Å²) in [6.07, 6.45) is 5.33. The molecule has 1 saturated heterocycles. The molecule has 0 aliphatic carbocycles. The molecule has 5 heteroatoms.